The lowest BCUT2D eigenvalue weighted by molar-refractivity contribution is 0.142. The highest BCUT2D eigenvalue weighted by Gasteiger charge is 2.09. The van der Waals surface area contributed by atoms with Crippen LogP contribution in [0.4, 0.5) is 5.95 Å². The quantitative estimate of drug-likeness (QED) is 0.722. The average Bonchev–Trinajstić information content (AvgIpc) is 2.91. The summed E-state index contributed by atoms with van der Waals surface area (Å²) in [6.07, 6.45) is 4.82. The van der Waals surface area contributed by atoms with Crippen LogP contribution in [0.25, 0.3) is 0 Å². The second kappa shape index (κ2) is 8.20. The number of aromatic nitrogens is 2. The first kappa shape index (κ1) is 16.0. The summed E-state index contributed by atoms with van der Waals surface area (Å²) in [5.74, 6) is 0.905. The van der Waals surface area contributed by atoms with E-state index in [1.807, 2.05) is 19.3 Å². The van der Waals surface area contributed by atoms with Crippen LogP contribution < -0.4 is 5.32 Å². The lowest BCUT2D eigenvalue weighted by atomic mass is 10.1. The average molecular weight is 352 g/mol. The third-order valence-electron chi connectivity index (χ3n) is 3.32. The Morgan fingerprint density at radius 1 is 1.33 bits per heavy atom. The molecule has 0 fully saturated rings. The van der Waals surface area contributed by atoms with Crippen molar-refractivity contribution in [1.82, 2.24) is 9.55 Å². The first-order valence-electron chi connectivity index (χ1n) is 7.31. The smallest absolute Gasteiger partial charge is 0.203 e. The van der Waals surface area contributed by atoms with Crippen LogP contribution >= 0.6 is 15.9 Å². The molecule has 1 N–H and O–H groups in total. The van der Waals surface area contributed by atoms with Gasteiger partial charge in [0.1, 0.15) is 0 Å². The van der Waals surface area contributed by atoms with Crippen LogP contribution in [-0.2, 0) is 11.3 Å². The van der Waals surface area contributed by atoms with Crippen LogP contribution in [0.3, 0.4) is 0 Å². The maximum absolute atomic E-state index is 5.37. The van der Waals surface area contributed by atoms with Gasteiger partial charge in [0.25, 0.3) is 0 Å². The topological polar surface area (TPSA) is 39.1 Å². The van der Waals surface area contributed by atoms with Crippen molar-refractivity contribution in [2.24, 2.45) is 0 Å². The zero-order valence-electron chi connectivity index (χ0n) is 12.6. The van der Waals surface area contributed by atoms with Crippen LogP contribution in [0.5, 0.6) is 0 Å². The first-order valence-corrected chi connectivity index (χ1v) is 8.11. The van der Waals surface area contributed by atoms with Crippen LogP contribution in [0.2, 0.25) is 0 Å². The van der Waals surface area contributed by atoms with Gasteiger partial charge in [-0.2, -0.15) is 0 Å². The van der Waals surface area contributed by atoms with Gasteiger partial charge in [-0.15, -0.1) is 0 Å². The zero-order valence-corrected chi connectivity index (χ0v) is 14.1. The number of benzene rings is 1. The second-order valence-corrected chi connectivity index (χ2v) is 5.83. The Morgan fingerprint density at radius 2 is 2.10 bits per heavy atom. The lowest BCUT2D eigenvalue weighted by Gasteiger charge is -2.16. The molecule has 0 amide bonds. The van der Waals surface area contributed by atoms with E-state index >= 15 is 0 Å². The van der Waals surface area contributed by atoms with Crippen molar-refractivity contribution < 1.29 is 4.74 Å². The number of hydrogen-bond acceptors (Lipinski definition) is 3. The van der Waals surface area contributed by atoms with Gasteiger partial charge in [0, 0.05) is 36.6 Å². The van der Waals surface area contributed by atoms with Crippen molar-refractivity contribution >= 4 is 21.9 Å². The number of hydrogen-bond donors (Lipinski definition) is 1. The summed E-state index contributed by atoms with van der Waals surface area (Å²) >= 11 is 3.46. The molecule has 0 radical (unpaired) electrons. The highest BCUT2D eigenvalue weighted by molar-refractivity contribution is 9.10. The Morgan fingerprint density at radius 3 is 2.81 bits per heavy atom. The first-order chi connectivity index (χ1) is 10.2. The van der Waals surface area contributed by atoms with E-state index in [4.69, 9.17) is 4.74 Å². The van der Waals surface area contributed by atoms with Gasteiger partial charge < -0.3 is 14.6 Å². The summed E-state index contributed by atoms with van der Waals surface area (Å²) in [6.45, 7) is 6.63. The Balaban J connectivity index is 1.93. The molecular formula is C16H22BrN3O. The summed E-state index contributed by atoms with van der Waals surface area (Å²) in [7, 11) is 0. The zero-order chi connectivity index (χ0) is 15.1. The number of halogens is 1. The molecule has 0 spiro atoms. The van der Waals surface area contributed by atoms with E-state index in [0.717, 1.165) is 36.6 Å². The maximum Gasteiger partial charge on any atom is 0.203 e. The van der Waals surface area contributed by atoms with E-state index in [1.54, 1.807) is 0 Å². The molecule has 0 bridgehead atoms. The summed E-state index contributed by atoms with van der Waals surface area (Å²) in [6, 6.07) is 8.56. The standard InChI is InChI=1S/C16H22BrN3O/c1-3-21-12-4-10-20-11-9-18-16(20)19-13(2)14-5-7-15(17)8-6-14/h5-9,11,13H,3-4,10,12H2,1-2H3,(H,18,19). The Bertz CT molecular complexity index is 539. The molecule has 1 aromatic heterocycles. The van der Waals surface area contributed by atoms with E-state index in [-0.39, 0.29) is 6.04 Å². The minimum atomic E-state index is 0.214. The van der Waals surface area contributed by atoms with Crippen molar-refractivity contribution in [3.05, 3.63) is 46.7 Å². The van der Waals surface area contributed by atoms with Gasteiger partial charge in [-0.3, -0.25) is 0 Å². The van der Waals surface area contributed by atoms with E-state index in [0.29, 0.717) is 0 Å². The largest absolute Gasteiger partial charge is 0.382 e. The van der Waals surface area contributed by atoms with E-state index in [9.17, 15) is 0 Å². The third-order valence-corrected chi connectivity index (χ3v) is 3.85. The molecule has 2 rings (SSSR count). The second-order valence-electron chi connectivity index (χ2n) is 4.91. The van der Waals surface area contributed by atoms with Crippen LogP contribution in [0.1, 0.15) is 31.9 Å². The Hall–Kier alpha value is -1.33. The van der Waals surface area contributed by atoms with Gasteiger partial charge in [0.2, 0.25) is 5.95 Å². The SMILES string of the molecule is CCOCCCn1ccnc1NC(C)c1ccc(Br)cc1. The van der Waals surface area contributed by atoms with Crippen molar-refractivity contribution in [3.63, 3.8) is 0 Å². The number of imidazole rings is 1. The van der Waals surface area contributed by atoms with Gasteiger partial charge in [0.15, 0.2) is 0 Å². The molecular weight excluding hydrogens is 330 g/mol. The predicted octanol–water partition coefficient (Wildman–Crippen LogP) is 4.25. The Labute approximate surface area is 134 Å². The van der Waals surface area contributed by atoms with Crippen molar-refractivity contribution in [3.8, 4) is 0 Å². The molecule has 2 aromatic rings. The van der Waals surface area contributed by atoms with E-state index in [1.165, 1.54) is 5.56 Å². The molecule has 4 nitrogen and oxygen atoms in total. The minimum Gasteiger partial charge on any atom is -0.382 e. The number of ether oxygens (including phenoxy) is 1. The molecule has 0 aliphatic rings. The summed E-state index contributed by atoms with van der Waals surface area (Å²) < 4.78 is 8.60. The van der Waals surface area contributed by atoms with Crippen LogP contribution in [0.15, 0.2) is 41.1 Å². The van der Waals surface area contributed by atoms with Crippen molar-refractivity contribution in [2.75, 3.05) is 18.5 Å². The van der Waals surface area contributed by atoms with Gasteiger partial charge >= 0.3 is 0 Å². The predicted molar refractivity (Wildman–Crippen MR) is 89.5 cm³/mol. The fourth-order valence-corrected chi connectivity index (χ4v) is 2.40. The van der Waals surface area contributed by atoms with Gasteiger partial charge in [0.05, 0.1) is 6.04 Å². The minimum absolute atomic E-state index is 0.214. The molecule has 114 valence electrons. The van der Waals surface area contributed by atoms with Crippen LogP contribution in [0, 0.1) is 0 Å². The molecule has 0 saturated carbocycles. The monoisotopic (exact) mass is 351 g/mol. The summed E-state index contributed by atoms with van der Waals surface area (Å²) in [4.78, 5) is 4.40. The van der Waals surface area contributed by atoms with Gasteiger partial charge in [-0.1, -0.05) is 28.1 Å². The molecule has 0 aliphatic carbocycles. The summed E-state index contributed by atoms with van der Waals surface area (Å²) in [5.41, 5.74) is 1.24. The molecule has 0 saturated heterocycles. The highest BCUT2D eigenvalue weighted by atomic mass is 79.9. The molecule has 1 atom stereocenters. The molecule has 1 aromatic carbocycles. The normalized spacial score (nSPS) is 12.3. The number of rotatable bonds is 8. The van der Waals surface area contributed by atoms with Crippen molar-refractivity contribution in [1.29, 1.82) is 0 Å². The fraction of sp³-hybridized carbons (Fsp3) is 0.438. The molecule has 0 aliphatic heterocycles. The number of aryl methyl sites for hydroxylation is 1. The van der Waals surface area contributed by atoms with Gasteiger partial charge in [-0.05, 0) is 38.0 Å². The van der Waals surface area contributed by atoms with Crippen molar-refractivity contribution in [2.45, 2.75) is 32.9 Å². The molecule has 5 heteroatoms. The fourth-order valence-electron chi connectivity index (χ4n) is 2.14. The highest BCUT2D eigenvalue weighted by Crippen LogP contribution is 2.20. The maximum atomic E-state index is 5.37. The third kappa shape index (κ3) is 4.86. The van der Waals surface area contributed by atoms with E-state index < -0.39 is 0 Å². The number of nitrogens with one attached hydrogen (secondary N) is 1. The molecule has 1 unspecified atom stereocenters. The molecule has 21 heavy (non-hydrogen) atoms. The molecule has 1 heterocycles. The Kier molecular flexibility index (Phi) is 6.26. The summed E-state index contributed by atoms with van der Waals surface area (Å²) in [5, 5.41) is 3.46. The number of nitrogens with zero attached hydrogens (tertiary/aromatic N) is 2. The van der Waals surface area contributed by atoms with Gasteiger partial charge in [-0.25, -0.2) is 4.98 Å². The number of anilines is 1. The van der Waals surface area contributed by atoms with Crippen LogP contribution in [-0.4, -0.2) is 22.8 Å². The lowest BCUT2D eigenvalue weighted by Crippen LogP contribution is -2.12. The van der Waals surface area contributed by atoms with E-state index in [2.05, 4.69) is 62.0 Å².